The van der Waals surface area contributed by atoms with Gasteiger partial charge in [0.2, 0.25) is 5.91 Å². The van der Waals surface area contributed by atoms with Crippen LogP contribution in [0.3, 0.4) is 0 Å². The second-order valence-corrected chi connectivity index (χ2v) is 9.30. The smallest absolute Gasteiger partial charge is 0.422 e. The average molecular weight is 533 g/mol. The van der Waals surface area contributed by atoms with Crippen molar-refractivity contribution in [3.05, 3.63) is 47.3 Å². The van der Waals surface area contributed by atoms with Gasteiger partial charge >= 0.3 is 6.18 Å². The molecule has 1 fully saturated rings. The standard InChI is InChI=1S/C27H31F3N4O4/c1-3-16-5-7-17(8-6-16)19-13-20-24(38-15-27(28,29)30)23(33-25(20)32-21(19)4-2)26(37)31-18-9-11-34(12-10-18)22(36)14-35/h5-8,13,18,35H,3-4,9-12,14-15H2,1-2H3,(H,31,37)(H,32,33). The summed E-state index contributed by atoms with van der Waals surface area (Å²) >= 11 is 0. The Balaban J connectivity index is 1.68. The number of alkyl halides is 3. The highest BCUT2D eigenvalue weighted by atomic mass is 19.4. The second-order valence-electron chi connectivity index (χ2n) is 9.30. The van der Waals surface area contributed by atoms with Crippen molar-refractivity contribution in [2.75, 3.05) is 26.3 Å². The number of nitrogens with zero attached hydrogens (tertiary/aromatic N) is 2. The number of likely N-dealkylation sites (tertiary alicyclic amines) is 1. The van der Waals surface area contributed by atoms with Crippen molar-refractivity contribution >= 4 is 22.8 Å². The van der Waals surface area contributed by atoms with Gasteiger partial charge in [-0.05, 0) is 42.9 Å². The van der Waals surface area contributed by atoms with Gasteiger partial charge in [-0.2, -0.15) is 13.2 Å². The first kappa shape index (κ1) is 27.4. The van der Waals surface area contributed by atoms with Gasteiger partial charge in [0.05, 0.1) is 11.1 Å². The molecule has 3 aromatic rings. The lowest BCUT2D eigenvalue weighted by atomic mass is 9.99. The SMILES string of the molecule is CCc1ccc(-c2cc3c(OCC(F)(F)F)c(C(=O)NC4CCN(C(=O)CO)CC4)[nH]c3nc2CC)cc1. The normalized spacial score (nSPS) is 14.6. The van der Waals surface area contributed by atoms with Crippen LogP contribution in [0, 0.1) is 0 Å². The zero-order valence-electron chi connectivity index (χ0n) is 21.3. The summed E-state index contributed by atoms with van der Waals surface area (Å²) in [5.74, 6) is -1.20. The number of benzene rings is 1. The van der Waals surface area contributed by atoms with Crippen molar-refractivity contribution in [2.24, 2.45) is 0 Å². The van der Waals surface area contributed by atoms with Gasteiger partial charge in [0.15, 0.2) is 12.4 Å². The predicted molar refractivity (Wildman–Crippen MR) is 136 cm³/mol. The molecule has 0 radical (unpaired) electrons. The molecular weight excluding hydrogens is 501 g/mol. The van der Waals surface area contributed by atoms with E-state index in [0.29, 0.717) is 32.4 Å². The van der Waals surface area contributed by atoms with Gasteiger partial charge < -0.3 is 25.0 Å². The van der Waals surface area contributed by atoms with Gasteiger partial charge in [-0.1, -0.05) is 38.1 Å². The third kappa shape index (κ3) is 6.09. The third-order valence-electron chi connectivity index (χ3n) is 6.75. The summed E-state index contributed by atoms with van der Waals surface area (Å²) in [6.07, 6.45) is -2.25. The van der Waals surface area contributed by atoms with E-state index in [4.69, 9.17) is 9.84 Å². The Hall–Kier alpha value is -3.60. The first-order valence-corrected chi connectivity index (χ1v) is 12.7. The number of aliphatic hydroxyl groups is 1. The minimum atomic E-state index is -4.60. The maximum Gasteiger partial charge on any atom is 0.422 e. The molecule has 0 bridgehead atoms. The second kappa shape index (κ2) is 11.4. The van der Waals surface area contributed by atoms with Gasteiger partial charge in [0, 0.05) is 24.7 Å². The number of hydrogen-bond donors (Lipinski definition) is 3. The van der Waals surface area contributed by atoms with E-state index in [1.165, 1.54) is 4.90 Å². The summed E-state index contributed by atoms with van der Waals surface area (Å²) in [6.45, 7) is 2.56. The number of halogens is 3. The molecule has 2 aromatic heterocycles. The van der Waals surface area contributed by atoms with Gasteiger partial charge in [0.25, 0.3) is 5.91 Å². The molecule has 8 nitrogen and oxygen atoms in total. The van der Waals surface area contributed by atoms with Crippen molar-refractivity contribution in [1.82, 2.24) is 20.2 Å². The highest BCUT2D eigenvalue weighted by Crippen LogP contribution is 2.36. The lowest BCUT2D eigenvalue weighted by molar-refractivity contribution is -0.153. The largest absolute Gasteiger partial charge is 0.481 e. The number of ether oxygens (including phenoxy) is 1. The number of piperidine rings is 1. The Morgan fingerprint density at radius 1 is 1.16 bits per heavy atom. The molecule has 0 spiro atoms. The van der Waals surface area contributed by atoms with Gasteiger partial charge in [-0.15, -0.1) is 0 Å². The monoisotopic (exact) mass is 532 g/mol. The summed E-state index contributed by atoms with van der Waals surface area (Å²) < 4.78 is 44.5. The number of aromatic amines is 1. The lowest BCUT2D eigenvalue weighted by Gasteiger charge is -2.32. The molecule has 3 heterocycles. The van der Waals surface area contributed by atoms with E-state index in [-0.39, 0.29) is 34.4 Å². The molecule has 1 aromatic carbocycles. The fourth-order valence-electron chi connectivity index (χ4n) is 4.66. The molecule has 3 N–H and O–H groups in total. The Kier molecular flexibility index (Phi) is 8.25. The maximum atomic E-state index is 13.2. The zero-order chi connectivity index (χ0) is 27.4. The number of pyridine rings is 1. The molecule has 204 valence electrons. The molecule has 4 rings (SSSR count). The number of hydrogen-bond acceptors (Lipinski definition) is 5. The highest BCUT2D eigenvalue weighted by molar-refractivity contribution is 6.03. The van der Waals surface area contributed by atoms with E-state index in [9.17, 15) is 22.8 Å². The molecule has 11 heteroatoms. The highest BCUT2D eigenvalue weighted by Gasteiger charge is 2.32. The van der Waals surface area contributed by atoms with Crippen LogP contribution in [-0.4, -0.2) is 70.3 Å². The third-order valence-corrected chi connectivity index (χ3v) is 6.75. The van der Waals surface area contributed by atoms with Crippen LogP contribution >= 0.6 is 0 Å². The summed E-state index contributed by atoms with van der Waals surface area (Å²) in [6, 6.07) is 9.32. The molecule has 0 unspecified atom stereocenters. The number of fused-ring (bicyclic) bond motifs is 1. The van der Waals surface area contributed by atoms with Crippen LogP contribution in [0.2, 0.25) is 0 Å². The van der Waals surface area contributed by atoms with Crippen LogP contribution in [0.1, 0.15) is 48.4 Å². The van der Waals surface area contributed by atoms with Crippen molar-refractivity contribution in [3.8, 4) is 16.9 Å². The van der Waals surface area contributed by atoms with Crippen molar-refractivity contribution in [1.29, 1.82) is 0 Å². The van der Waals surface area contributed by atoms with E-state index in [1.807, 2.05) is 31.2 Å². The molecule has 1 aliphatic heterocycles. The fraction of sp³-hybridized carbons (Fsp3) is 0.444. The number of H-pyrrole nitrogens is 1. The summed E-state index contributed by atoms with van der Waals surface area (Å²) in [5, 5.41) is 12.2. The van der Waals surface area contributed by atoms with E-state index < -0.39 is 25.3 Å². The first-order chi connectivity index (χ1) is 18.1. The van der Waals surface area contributed by atoms with Gasteiger partial charge in [-0.25, -0.2) is 4.98 Å². The summed E-state index contributed by atoms with van der Waals surface area (Å²) in [5.41, 5.74) is 3.64. The van der Waals surface area contributed by atoms with Crippen molar-refractivity contribution in [3.63, 3.8) is 0 Å². The number of amides is 2. The molecule has 1 aliphatic rings. The number of nitrogens with one attached hydrogen (secondary N) is 2. The Morgan fingerprint density at radius 3 is 2.42 bits per heavy atom. The van der Waals surface area contributed by atoms with E-state index >= 15 is 0 Å². The van der Waals surface area contributed by atoms with Crippen LogP contribution in [0.5, 0.6) is 5.75 Å². The van der Waals surface area contributed by atoms with Gasteiger partial charge in [-0.3, -0.25) is 9.59 Å². The first-order valence-electron chi connectivity index (χ1n) is 12.7. The number of aromatic nitrogens is 2. The Bertz CT molecular complexity index is 1300. The molecule has 0 saturated carbocycles. The number of carbonyl (C=O) groups excluding carboxylic acids is 2. The minimum Gasteiger partial charge on any atom is -0.481 e. The van der Waals surface area contributed by atoms with Crippen molar-refractivity contribution < 1.29 is 32.6 Å². The van der Waals surface area contributed by atoms with Crippen LogP contribution in [0.15, 0.2) is 30.3 Å². The van der Waals surface area contributed by atoms with Crippen LogP contribution in [-0.2, 0) is 17.6 Å². The number of carbonyl (C=O) groups is 2. The number of aliphatic hydroxyl groups excluding tert-OH is 1. The zero-order valence-corrected chi connectivity index (χ0v) is 21.3. The molecule has 0 atom stereocenters. The molecule has 0 aliphatic carbocycles. The van der Waals surface area contributed by atoms with E-state index in [0.717, 1.165) is 28.8 Å². The number of rotatable bonds is 8. The Morgan fingerprint density at radius 2 is 1.84 bits per heavy atom. The number of aryl methyl sites for hydroxylation is 2. The average Bonchev–Trinajstić information content (AvgIpc) is 3.28. The molecule has 2 amide bonds. The quantitative estimate of drug-likeness (QED) is 0.407. The topological polar surface area (TPSA) is 108 Å². The van der Waals surface area contributed by atoms with Crippen LogP contribution < -0.4 is 10.1 Å². The minimum absolute atomic E-state index is 0.133. The fourth-order valence-corrected chi connectivity index (χ4v) is 4.66. The van der Waals surface area contributed by atoms with E-state index in [1.54, 1.807) is 6.07 Å². The Labute approximate surface area is 218 Å². The van der Waals surface area contributed by atoms with E-state index in [2.05, 4.69) is 22.2 Å². The molecule has 1 saturated heterocycles. The van der Waals surface area contributed by atoms with Crippen LogP contribution in [0.4, 0.5) is 13.2 Å². The summed E-state index contributed by atoms with van der Waals surface area (Å²) in [4.78, 5) is 34.0. The predicted octanol–water partition coefficient (Wildman–Crippen LogP) is 4.01. The summed E-state index contributed by atoms with van der Waals surface area (Å²) in [7, 11) is 0. The van der Waals surface area contributed by atoms with Crippen molar-refractivity contribution in [2.45, 2.75) is 51.7 Å². The lowest BCUT2D eigenvalue weighted by Crippen LogP contribution is -2.47. The van der Waals surface area contributed by atoms with Crippen LogP contribution in [0.25, 0.3) is 22.2 Å². The van der Waals surface area contributed by atoms with Gasteiger partial charge in [0.1, 0.15) is 17.9 Å². The maximum absolute atomic E-state index is 13.2. The molecular formula is C27H31F3N4O4. The molecule has 38 heavy (non-hydrogen) atoms.